The number of carbonyl (C=O) groups excluding carboxylic acids is 1. The highest BCUT2D eigenvalue weighted by atomic mass is 19.4. The molecule has 1 aliphatic carbocycles. The van der Waals surface area contributed by atoms with Gasteiger partial charge >= 0.3 is 6.18 Å². The standard InChI is InChI=1S/C24H30F3N5O3/c1-4-20-31-21(22(33)30-14-23(34)8-5-15(2)6-9-23)17(12-28)32(20)18-13-29-16(11-19(18)35-3)7-10-24(25,26)27/h11,13,15,34H,4-10,14H2,1-3H3,(H,30,33). The number of rotatable bonds is 8. The molecular formula is C24H30F3N5O3. The third-order valence-electron chi connectivity index (χ3n) is 6.40. The average molecular weight is 494 g/mol. The van der Waals surface area contributed by atoms with Crippen LogP contribution in [0.2, 0.25) is 0 Å². The summed E-state index contributed by atoms with van der Waals surface area (Å²) in [6.45, 7) is 3.98. The summed E-state index contributed by atoms with van der Waals surface area (Å²) in [6, 6.07) is 3.40. The second-order valence-corrected chi connectivity index (χ2v) is 9.08. The molecule has 1 fully saturated rings. The molecule has 0 unspecified atom stereocenters. The monoisotopic (exact) mass is 493 g/mol. The first-order valence-corrected chi connectivity index (χ1v) is 11.6. The number of halogens is 3. The molecule has 1 saturated carbocycles. The van der Waals surface area contributed by atoms with Gasteiger partial charge in [-0.05, 0) is 38.0 Å². The number of hydrogen-bond acceptors (Lipinski definition) is 6. The van der Waals surface area contributed by atoms with Crippen molar-refractivity contribution in [1.82, 2.24) is 19.9 Å². The molecule has 0 radical (unpaired) electrons. The fourth-order valence-electron chi connectivity index (χ4n) is 4.24. The summed E-state index contributed by atoms with van der Waals surface area (Å²) in [4.78, 5) is 21.4. The van der Waals surface area contributed by atoms with E-state index >= 15 is 0 Å². The van der Waals surface area contributed by atoms with Crippen molar-refractivity contribution < 1.29 is 27.8 Å². The Bertz CT molecular complexity index is 1100. The number of imidazole rings is 1. The maximum atomic E-state index is 13.0. The number of aromatic nitrogens is 3. The van der Waals surface area contributed by atoms with Gasteiger partial charge < -0.3 is 15.2 Å². The van der Waals surface area contributed by atoms with Gasteiger partial charge in [-0.2, -0.15) is 18.4 Å². The molecule has 0 saturated heterocycles. The van der Waals surface area contributed by atoms with E-state index in [4.69, 9.17) is 4.74 Å². The topological polar surface area (TPSA) is 113 Å². The Balaban J connectivity index is 1.89. The maximum absolute atomic E-state index is 13.0. The number of pyridine rings is 1. The van der Waals surface area contributed by atoms with E-state index in [0.29, 0.717) is 36.7 Å². The smallest absolute Gasteiger partial charge is 0.389 e. The van der Waals surface area contributed by atoms with Crippen molar-refractivity contribution >= 4 is 5.91 Å². The highest BCUT2D eigenvalue weighted by Crippen LogP contribution is 2.32. The zero-order chi connectivity index (χ0) is 25.8. The third-order valence-corrected chi connectivity index (χ3v) is 6.40. The Morgan fingerprint density at radius 1 is 1.40 bits per heavy atom. The summed E-state index contributed by atoms with van der Waals surface area (Å²) in [5.41, 5.74) is -0.660. The summed E-state index contributed by atoms with van der Waals surface area (Å²) in [5.74, 6) is 0.539. The van der Waals surface area contributed by atoms with Crippen molar-refractivity contribution in [2.75, 3.05) is 13.7 Å². The van der Waals surface area contributed by atoms with E-state index in [2.05, 4.69) is 22.2 Å². The van der Waals surface area contributed by atoms with Gasteiger partial charge in [0.05, 0.1) is 18.9 Å². The molecule has 2 aromatic rings. The van der Waals surface area contributed by atoms with Crippen molar-refractivity contribution in [1.29, 1.82) is 5.26 Å². The van der Waals surface area contributed by atoms with Crippen LogP contribution in [0.15, 0.2) is 12.3 Å². The molecule has 1 aliphatic rings. The van der Waals surface area contributed by atoms with Crippen LogP contribution in [0.3, 0.4) is 0 Å². The molecule has 2 aromatic heterocycles. The molecule has 8 nitrogen and oxygen atoms in total. The average Bonchev–Trinajstić information content (AvgIpc) is 3.21. The van der Waals surface area contributed by atoms with Crippen LogP contribution in [0.4, 0.5) is 13.2 Å². The highest BCUT2D eigenvalue weighted by Gasteiger charge is 2.33. The number of amides is 1. The molecule has 0 aliphatic heterocycles. The van der Waals surface area contributed by atoms with Crippen molar-refractivity contribution in [3.05, 3.63) is 35.2 Å². The molecule has 3 rings (SSSR count). The van der Waals surface area contributed by atoms with Crippen molar-refractivity contribution in [3.63, 3.8) is 0 Å². The van der Waals surface area contributed by atoms with Crippen LogP contribution < -0.4 is 10.1 Å². The summed E-state index contributed by atoms with van der Waals surface area (Å²) < 4.78 is 44.6. The van der Waals surface area contributed by atoms with Gasteiger partial charge in [0.2, 0.25) is 0 Å². The van der Waals surface area contributed by atoms with Crippen molar-refractivity contribution in [2.24, 2.45) is 5.92 Å². The molecule has 35 heavy (non-hydrogen) atoms. The van der Waals surface area contributed by atoms with Crippen molar-refractivity contribution in [2.45, 2.75) is 70.6 Å². The Morgan fingerprint density at radius 3 is 2.66 bits per heavy atom. The largest absolute Gasteiger partial charge is 0.494 e. The minimum atomic E-state index is -4.31. The van der Waals surface area contributed by atoms with Crippen LogP contribution in [0, 0.1) is 17.2 Å². The zero-order valence-electron chi connectivity index (χ0n) is 20.1. The van der Waals surface area contributed by atoms with E-state index in [-0.39, 0.29) is 35.8 Å². The molecule has 0 bridgehead atoms. The second kappa shape index (κ2) is 10.6. The van der Waals surface area contributed by atoms with Gasteiger partial charge in [0.25, 0.3) is 5.91 Å². The minimum Gasteiger partial charge on any atom is -0.494 e. The van der Waals surface area contributed by atoms with E-state index < -0.39 is 24.1 Å². The first kappa shape index (κ1) is 26.5. The highest BCUT2D eigenvalue weighted by molar-refractivity contribution is 5.94. The molecule has 190 valence electrons. The predicted molar refractivity (Wildman–Crippen MR) is 121 cm³/mol. The van der Waals surface area contributed by atoms with Gasteiger partial charge in [0.15, 0.2) is 11.4 Å². The number of aliphatic hydroxyl groups is 1. The Labute approximate surface area is 202 Å². The maximum Gasteiger partial charge on any atom is 0.389 e. The van der Waals surface area contributed by atoms with E-state index in [1.54, 1.807) is 6.92 Å². The lowest BCUT2D eigenvalue weighted by Gasteiger charge is -2.34. The quantitative estimate of drug-likeness (QED) is 0.577. The van der Waals surface area contributed by atoms with Crippen LogP contribution in [-0.4, -0.2) is 51.0 Å². The Hall–Kier alpha value is -3.13. The molecule has 2 N–H and O–H groups in total. The number of alkyl halides is 3. The number of ether oxygens (including phenoxy) is 1. The first-order valence-electron chi connectivity index (χ1n) is 11.6. The SMILES string of the molecule is CCc1nc(C(=O)NCC2(O)CCC(C)CC2)c(C#N)n1-c1cnc(CCC(F)(F)F)cc1OC. The molecule has 11 heteroatoms. The molecule has 2 heterocycles. The lowest BCUT2D eigenvalue weighted by atomic mass is 9.79. The van der Waals surface area contributed by atoms with Crippen LogP contribution in [0.5, 0.6) is 5.75 Å². The molecular weight excluding hydrogens is 463 g/mol. The Kier molecular flexibility index (Phi) is 8.05. The third kappa shape index (κ3) is 6.31. The van der Waals surface area contributed by atoms with Gasteiger partial charge in [-0.3, -0.25) is 14.3 Å². The van der Waals surface area contributed by atoms with E-state index in [9.17, 15) is 28.3 Å². The molecule has 1 amide bonds. The second-order valence-electron chi connectivity index (χ2n) is 9.08. The van der Waals surface area contributed by atoms with Gasteiger partial charge in [-0.25, -0.2) is 4.98 Å². The first-order chi connectivity index (χ1) is 16.5. The number of aryl methyl sites for hydroxylation is 2. The normalized spacial score (nSPS) is 20.3. The fraction of sp³-hybridized carbons (Fsp3) is 0.583. The van der Waals surface area contributed by atoms with E-state index in [1.807, 2.05) is 6.07 Å². The Morgan fingerprint density at radius 2 is 2.09 bits per heavy atom. The number of methoxy groups -OCH3 is 1. The lowest BCUT2D eigenvalue weighted by molar-refractivity contribution is -0.134. The van der Waals surface area contributed by atoms with Crippen molar-refractivity contribution in [3.8, 4) is 17.5 Å². The summed E-state index contributed by atoms with van der Waals surface area (Å²) in [7, 11) is 1.36. The number of carbonyl (C=O) groups is 1. The van der Waals surface area contributed by atoms with Gasteiger partial charge in [-0.15, -0.1) is 0 Å². The molecule has 0 aromatic carbocycles. The summed E-state index contributed by atoms with van der Waals surface area (Å²) >= 11 is 0. The van der Waals surface area contributed by atoms with Gasteiger partial charge in [0, 0.05) is 31.1 Å². The molecule has 0 spiro atoms. The van der Waals surface area contributed by atoms with E-state index in [1.165, 1.54) is 23.9 Å². The summed E-state index contributed by atoms with van der Waals surface area (Å²) in [6.07, 6.45) is -1.06. The van der Waals surface area contributed by atoms with Gasteiger partial charge in [0.1, 0.15) is 23.3 Å². The molecule has 0 atom stereocenters. The van der Waals surface area contributed by atoms with Crippen LogP contribution in [0.25, 0.3) is 5.69 Å². The predicted octanol–water partition coefficient (Wildman–Crippen LogP) is 3.88. The fourth-order valence-corrected chi connectivity index (χ4v) is 4.24. The minimum absolute atomic E-state index is 0.0493. The van der Waals surface area contributed by atoms with E-state index in [0.717, 1.165) is 12.8 Å². The number of nitriles is 1. The van der Waals surface area contributed by atoms with Crippen LogP contribution in [0.1, 0.15) is 73.7 Å². The zero-order valence-corrected chi connectivity index (χ0v) is 20.1. The number of hydrogen-bond donors (Lipinski definition) is 2. The summed E-state index contributed by atoms with van der Waals surface area (Å²) in [5, 5.41) is 23.4. The number of nitrogens with zero attached hydrogens (tertiary/aromatic N) is 4. The van der Waals surface area contributed by atoms with Crippen LogP contribution in [-0.2, 0) is 12.8 Å². The van der Waals surface area contributed by atoms with Crippen LogP contribution >= 0.6 is 0 Å². The lowest BCUT2D eigenvalue weighted by Crippen LogP contribution is -2.45. The van der Waals surface area contributed by atoms with Gasteiger partial charge in [-0.1, -0.05) is 13.8 Å². The number of nitrogens with one attached hydrogen (secondary N) is 1.